The van der Waals surface area contributed by atoms with E-state index in [-0.39, 0.29) is 18.8 Å². The van der Waals surface area contributed by atoms with Crippen molar-refractivity contribution in [2.45, 2.75) is 63.8 Å². The molecule has 1 saturated heterocycles. The predicted octanol–water partition coefficient (Wildman–Crippen LogP) is -3.17. The van der Waals surface area contributed by atoms with Gasteiger partial charge in [0.1, 0.15) is 30.2 Å². The zero-order chi connectivity index (χ0) is 29.8. The molecular formula is C26H38N6O8. The average Bonchev–Trinajstić information content (AvgIpc) is 2.90. The molecule has 40 heavy (non-hydrogen) atoms. The Kier molecular flexibility index (Phi) is 12.5. The van der Waals surface area contributed by atoms with Crippen LogP contribution in [-0.2, 0) is 35.2 Å². The number of carbonyl (C=O) groups excluding carboxylic acids is 6. The highest BCUT2D eigenvalue weighted by molar-refractivity contribution is 5.97. The molecule has 8 N–H and O–H groups in total. The number of aliphatic hydroxyl groups is 2. The van der Waals surface area contributed by atoms with Crippen LogP contribution in [0.5, 0.6) is 0 Å². The summed E-state index contributed by atoms with van der Waals surface area (Å²) >= 11 is 0. The molecule has 1 aromatic carbocycles. The van der Waals surface area contributed by atoms with Crippen LogP contribution in [0.25, 0.3) is 0 Å². The Bertz CT molecular complexity index is 1070. The first kappa shape index (κ1) is 32.2. The van der Waals surface area contributed by atoms with E-state index in [2.05, 4.69) is 31.9 Å². The first-order valence-corrected chi connectivity index (χ1v) is 13.0. The summed E-state index contributed by atoms with van der Waals surface area (Å²) in [6, 6.07) is 2.24. The van der Waals surface area contributed by atoms with E-state index in [1.165, 1.54) is 0 Å². The molecule has 0 bridgehead atoms. The van der Waals surface area contributed by atoms with E-state index >= 15 is 0 Å². The predicted molar refractivity (Wildman–Crippen MR) is 142 cm³/mol. The minimum absolute atomic E-state index is 0.0578. The normalized spacial score (nSPS) is 25.2. The van der Waals surface area contributed by atoms with Crippen molar-refractivity contribution in [1.82, 2.24) is 31.9 Å². The maximum Gasteiger partial charge on any atom is 0.245 e. The maximum absolute atomic E-state index is 13.3. The third-order valence-electron chi connectivity index (χ3n) is 6.06. The van der Waals surface area contributed by atoms with E-state index in [4.69, 9.17) is 0 Å². The lowest BCUT2D eigenvalue weighted by molar-refractivity contribution is -0.137. The number of nitrogens with one attached hydrogen (secondary N) is 6. The van der Waals surface area contributed by atoms with E-state index in [0.29, 0.717) is 0 Å². The summed E-state index contributed by atoms with van der Waals surface area (Å²) in [5, 5.41) is 34.1. The van der Waals surface area contributed by atoms with Crippen molar-refractivity contribution in [3.05, 3.63) is 35.9 Å². The van der Waals surface area contributed by atoms with Crippen molar-refractivity contribution in [3.8, 4) is 0 Å². The van der Waals surface area contributed by atoms with Crippen LogP contribution in [-0.4, -0.2) is 95.6 Å². The Labute approximate surface area is 232 Å². The van der Waals surface area contributed by atoms with Crippen molar-refractivity contribution >= 4 is 35.4 Å². The van der Waals surface area contributed by atoms with Gasteiger partial charge in [0.25, 0.3) is 0 Å². The van der Waals surface area contributed by atoms with Crippen LogP contribution in [0.1, 0.15) is 32.8 Å². The lowest BCUT2D eigenvalue weighted by Crippen LogP contribution is -2.62. The summed E-state index contributed by atoms with van der Waals surface area (Å²) in [6.07, 6.45) is 0.267. The van der Waals surface area contributed by atoms with Gasteiger partial charge in [0, 0.05) is 19.9 Å². The van der Waals surface area contributed by atoms with Gasteiger partial charge in [-0.15, -0.1) is 0 Å². The molecule has 1 aromatic rings. The van der Waals surface area contributed by atoms with Crippen LogP contribution >= 0.6 is 0 Å². The number of benzene rings is 1. The number of hydrogen-bond acceptors (Lipinski definition) is 8. The molecule has 14 heteroatoms. The largest absolute Gasteiger partial charge is 0.394 e. The molecule has 1 aliphatic rings. The SMILES string of the molecule is CC(=O)N[C@H]1CNC(=O)[C@H](Cc2ccccc2)NC(=O)[C@H](CC(C)C)NC(=O)[C@H](CO)NC(=O)[C@H](CO)NC1=O. The Morgan fingerprint density at radius 3 is 1.82 bits per heavy atom. The second-order valence-corrected chi connectivity index (χ2v) is 9.93. The maximum atomic E-state index is 13.3. The second kappa shape index (κ2) is 15.5. The highest BCUT2D eigenvalue weighted by Gasteiger charge is 2.33. The molecule has 6 amide bonds. The highest BCUT2D eigenvalue weighted by Crippen LogP contribution is 2.09. The number of carbonyl (C=O) groups is 6. The summed E-state index contributed by atoms with van der Waals surface area (Å²) in [4.78, 5) is 76.9. The van der Waals surface area contributed by atoms with Crippen molar-refractivity contribution in [3.63, 3.8) is 0 Å². The second-order valence-electron chi connectivity index (χ2n) is 9.93. The van der Waals surface area contributed by atoms with Crippen LogP contribution in [0.3, 0.4) is 0 Å². The Hall–Kier alpha value is -4.04. The molecule has 0 aromatic heterocycles. The Morgan fingerprint density at radius 1 is 0.800 bits per heavy atom. The fourth-order valence-corrected chi connectivity index (χ4v) is 4.02. The van der Waals surface area contributed by atoms with Gasteiger partial charge in [-0.05, 0) is 17.9 Å². The fourth-order valence-electron chi connectivity index (χ4n) is 4.02. The Balaban J connectivity index is 2.47. The first-order chi connectivity index (χ1) is 18.9. The zero-order valence-electron chi connectivity index (χ0n) is 22.7. The molecule has 1 aliphatic heterocycles. The lowest BCUT2D eigenvalue weighted by Gasteiger charge is -2.28. The Morgan fingerprint density at radius 2 is 1.30 bits per heavy atom. The molecule has 1 heterocycles. The molecule has 5 atom stereocenters. The van der Waals surface area contributed by atoms with Crippen molar-refractivity contribution in [2.24, 2.45) is 5.92 Å². The van der Waals surface area contributed by atoms with Gasteiger partial charge in [0.2, 0.25) is 35.4 Å². The smallest absolute Gasteiger partial charge is 0.245 e. The lowest BCUT2D eigenvalue weighted by atomic mass is 10.0. The fraction of sp³-hybridized carbons (Fsp3) is 0.538. The number of aliphatic hydroxyl groups excluding tert-OH is 2. The van der Waals surface area contributed by atoms with Gasteiger partial charge in [0.05, 0.1) is 13.2 Å². The van der Waals surface area contributed by atoms with Crippen LogP contribution in [0.2, 0.25) is 0 Å². The van der Waals surface area contributed by atoms with E-state index in [1.807, 2.05) is 13.8 Å². The summed E-state index contributed by atoms with van der Waals surface area (Å²) in [7, 11) is 0. The van der Waals surface area contributed by atoms with Crippen LogP contribution in [0.15, 0.2) is 30.3 Å². The summed E-state index contributed by atoms with van der Waals surface area (Å²) < 4.78 is 0. The third kappa shape index (κ3) is 9.93. The van der Waals surface area contributed by atoms with Gasteiger partial charge in [-0.1, -0.05) is 44.2 Å². The van der Waals surface area contributed by atoms with Crippen LogP contribution in [0.4, 0.5) is 0 Å². The van der Waals surface area contributed by atoms with Gasteiger partial charge in [-0.3, -0.25) is 28.8 Å². The molecule has 0 saturated carbocycles. The molecule has 0 radical (unpaired) electrons. The minimum atomic E-state index is -1.55. The van der Waals surface area contributed by atoms with Gasteiger partial charge in [-0.2, -0.15) is 0 Å². The van der Waals surface area contributed by atoms with Gasteiger partial charge >= 0.3 is 0 Å². The molecule has 0 aliphatic carbocycles. The van der Waals surface area contributed by atoms with Gasteiger partial charge < -0.3 is 42.1 Å². The van der Waals surface area contributed by atoms with Crippen molar-refractivity contribution in [2.75, 3.05) is 19.8 Å². The summed E-state index contributed by atoms with van der Waals surface area (Å²) in [6.45, 7) is 2.71. The van der Waals surface area contributed by atoms with E-state index < -0.39 is 85.4 Å². The quantitative estimate of drug-likeness (QED) is 0.169. The van der Waals surface area contributed by atoms with Crippen molar-refractivity contribution in [1.29, 1.82) is 0 Å². The monoisotopic (exact) mass is 562 g/mol. The highest BCUT2D eigenvalue weighted by atomic mass is 16.3. The van der Waals surface area contributed by atoms with Gasteiger partial charge in [-0.25, -0.2) is 0 Å². The first-order valence-electron chi connectivity index (χ1n) is 13.0. The molecular weight excluding hydrogens is 524 g/mol. The van der Waals surface area contributed by atoms with Crippen LogP contribution in [0, 0.1) is 5.92 Å². The van der Waals surface area contributed by atoms with E-state index in [9.17, 15) is 39.0 Å². The molecule has 0 spiro atoms. The molecule has 0 unspecified atom stereocenters. The number of hydrogen-bond donors (Lipinski definition) is 8. The average molecular weight is 563 g/mol. The zero-order valence-corrected chi connectivity index (χ0v) is 22.7. The number of amides is 6. The molecule has 1 fully saturated rings. The molecule has 220 valence electrons. The summed E-state index contributed by atoms with van der Waals surface area (Å²) in [5.74, 6) is -4.76. The minimum Gasteiger partial charge on any atom is -0.394 e. The molecule has 2 rings (SSSR count). The molecule has 14 nitrogen and oxygen atoms in total. The third-order valence-corrected chi connectivity index (χ3v) is 6.06. The van der Waals surface area contributed by atoms with Gasteiger partial charge in [0.15, 0.2) is 0 Å². The number of rotatable bonds is 7. The van der Waals surface area contributed by atoms with E-state index in [0.717, 1.165) is 12.5 Å². The standard InChI is InChI=1S/C26H38N6O8/c1-14(2)9-17-23(37)30-18(10-16-7-5-4-6-8-16)22(36)27-11-19(28-15(3)35)24(38)31-21(13-34)26(40)32-20(12-33)25(39)29-17/h4-8,14,17-21,33-34H,9-13H2,1-3H3,(H,27,36)(H,28,35)(H,29,39)(H,30,37)(H,31,38)(H,32,40)/t17-,18-,19-,20-,21-/m0/s1. The van der Waals surface area contributed by atoms with E-state index in [1.54, 1.807) is 30.3 Å². The van der Waals surface area contributed by atoms with Crippen molar-refractivity contribution < 1.29 is 39.0 Å². The summed E-state index contributed by atoms with van der Waals surface area (Å²) in [5.41, 5.74) is 0.729. The topological polar surface area (TPSA) is 215 Å². The van der Waals surface area contributed by atoms with Crippen LogP contribution < -0.4 is 31.9 Å².